The van der Waals surface area contributed by atoms with Gasteiger partial charge in [-0.3, -0.25) is 9.59 Å². The number of carbonyl (C=O) groups is 3. The monoisotopic (exact) mass is 807 g/mol. The summed E-state index contributed by atoms with van der Waals surface area (Å²) in [6.07, 6.45) is 42.0. The number of aliphatic carboxylic acids is 1. The topological polar surface area (TPSA) is 108 Å². The number of quaternary nitrogens is 1. The molecule has 9 heteroatoms. The summed E-state index contributed by atoms with van der Waals surface area (Å²) in [5.74, 6) is -2.02. The zero-order valence-corrected chi connectivity index (χ0v) is 37.5. The summed E-state index contributed by atoms with van der Waals surface area (Å²) in [4.78, 5) is 37.1. The Balaban J connectivity index is 4.37. The fourth-order valence-electron chi connectivity index (χ4n) is 6.20. The van der Waals surface area contributed by atoms with E-state index in [-0.39, 0.29) is 32.2 Å². The zero-order valence-electron chi connectivity index (χ0n) is 37.5. The average Bonchev–Trinajstić information content (AvgIpc) is 3.17. The highest BCUT2D eigenvalue weighted by atomic mass is 16.7. The van der Waals surface area contributed by atoms with Crippen molar-refractivity contribution < 1.29 is 42.9 Å². The third kappa shape index (κ3) is 41.5. The summed E-state index contributed by atoms with van der Waals surface area (Å²) in [6, 6.07) is 0. The summed E-state index contributed by atoms with van der Waals surface area (Å²) in [5.41, 5.74) is 0. The van der Waals surface area contributed by atoms with Gasteiger partial charge in [-0.05, 0) is 64.2 Å². The van der Waals surface area contributed by atoms with Gasteiger partial charge >= 0.3 is 17.9 Å². The number of hydrogen-bond donors (Lipinski definition) is 1. The van der Waals surface area contributed by atoms with Crippen LogP contribution in [0.1, 0.15) is 194 Å². The van der Waals surface area contributed by atoms with Crippen molar-refractivity contribution in [2.75, 3.05) is 47.5 Å². The standard InChI is InChI=1S/C48H87NO8/c1-6-8-10-12-14-16-18-19-20-21-22-23-24-25-26-27-29-31-33-35-37-39-46(51)57-44(43-56-48(47(52)53)54-41-40-49(3,4)5)42-55-45(50)38-36-34-32-30-28-17-15-13-11-9-7-2/h13,15,18-19,21-22,44,48H,6-12,14,16-17,20,23-43H2,1-5H3/p+1/b15-13-,19-18-,22-21-. The Bertz CT molecular complexity index is 1030. The van der Waals surface area contributed by atoms with Crippen LogP contribution in [0.5, 0.6) is 0 Å². The van der Waals surface area contributed by atoms with E-state index in [1.807, 2.05) is 21.1 Å². The third-order valence-corrected chi connectivity index (χ3v) is 9.87. The van der Waals surface area contributed by atoms with Crippen molar-refractivity contribution in [1.82, 2.24) is 0 Å². The van der Waals surface area contributed by atoms with E-state index in [9.17, 15) is 19.5 Å². The molecule has 0 aliphatic rings. The van der Waals surface area contributed by atoms with Crippen LogP contribution in [-0.4, -0.2) is 87.4 Å². The Kier molecular flexibility index (Phi) is 38.5. The van der Waals surface area contributed by atoms with Gasteiger partial charge in [0, 0.05) is 12.8 Å². The normalized spacial score (nSPS) is 13.2. The molecule has 0 heterocycles. The number of carboxylic acids is 1. The molecule has 0 bridgehead atoms. The van der Waals surface area contributed by atoms with E-state index in [1.165, 1.54) is 89.9 Å². The Labute approximate surface area is 350 Å². The smallest absolute Gasteiger partial charge is 0.361 e. The average molecular weight is 807 g/mol. The molecule has 0 aliphatic heterocycles. The molecule has 0 aromatic heterocycles. The molecule has 0 aromatic rings. The molecule has 0 amide bonds. The van der Waals surface area contributed by atoms with Crippen LogP contribution in [-0.2, 0) is 33.3 Å². The summed E-state index contributed by atoms with van der Waals surface area (Å²) < 4.78 is 22.7. The number of esters is 2. The number of nitrogens with zero attached hydrogens (tertiary/aromatic N) is 1. The van der Waals surface area contributed by atoms with Crippen LogP contribution < -0.4 is 0 Å². The fraction of sp³-hybridized carbons (Fsp3) is 0.812. The molecule has 9 nitrogen and oxygen atoms in total. The van der Waals surface area contributed by atoms with E-state index in [4.69, 9.17) is 18.9 Å². The first-order valence-electron chi connectivity index (χ1n) is 23.2. The number of allylic oxidation sites excluding steroid dienone is 6. The summed E-state index contributed by atoms with van der Waals surface area (Å²) >= 11 is 0. The molecule has 0 saturated heterocycles. The van der Waals surface area contributed by atoms with Gasteiger partial charge in [0.25, 0.3) is 6.29 Å². The summed E-state index contributed by atoms with van der Waals surface area (Å²) in [5, 5.41) is 9.63. The first-order valence-corrected chi connectivity index (χ1v) is 23.2. The zero-order chi connectivity index (χ0) is 42.1. The third-order valence-electron chi connectivity index (χ3n) is 9.87. The lowest BCUT2D eigenvalue weighted by molar-refractivity contribution is -0.870. The van der Waals surface area contributed by atoms with Crippen LogP contribution in [0.25, 0.3) is 0 Å². The SMILES string of the molecule is CCCC/C=C\CCCCCCCC(=O)OCC(COC(OCC[N+](C)(C)C)C(=O)O)OC(=O)CCCCCCCCCCC/C=C\C/C=C\CCCCCCC. The first-order chi connectivity index (χ1) is 27.6. The van der Waals surface area contributed by atoms with E-state index in [0.29, 0.717) is 23.9 Å². The number of carbonyl (C=O) groups excluding carboxylic acids is 2. The molecule has 0 spiro atoms. The van der Waals surface area contributed by atoms with Crippen molar-refractivity contribution in [3.8, 4) is 0 Å². The fourth-order valence-corrected chi connectivity index (χ4v) is 6.20. The quantitative estimate of drug-likeness (QED) is 0.0214. The van der Waals surface area contributed by atoms with Gasteiger partial charge in [0.15, 0.2) is 6.10 Å². The highest BCUT2D eigenvalue weighted by Gasteiger charge is 2.25. The van der Waals surface area contributed by atoms with Gasteiger partial charge in [0.05, 0.1) is 34.4 Å². The number of hydrogen-bond acceptors (Lipinski definition) is 7. The summed E-state index contributed by atoms with van der Waals surface area (Å²) in [7, 11) is 5.95. The number of ether oxygens (including phenoxy) is 4. The number of unbranched alkanes of at least 4 members (excludes halogenated alkanes) is 21. The van der Waals surface area contributed by atoms with Crippen LogP contribution in [0.4, 0.5) is 0 Å². The lowest BCUT2D eigenvalue weighted by Gasteiger charge is -2.25. The Morgan fingerprint density at radius 3 is 1.46 bits per heavy atom. The minimum absolute atomic E-state index is 0.185. The first kappa shape index (κ1) is 54.5. The molecule has 57 heavy (non-hydrogen) atoms. The molecule has 332 valence electrons. The molecule has 0 fully saturated rings. The highest BCUT2D eigenvalue weighted by molar-refractivity contribution is 5.71. The maximum atomic E-state index is 12.8. The lowest BCUT2D eigenvalue weighted by atomic mass is 10.1. The van der Waals surface area contributed by atoms with Crippen LogP contribution in [0.15, 0.2) is 36.5 Å². The van der Waals surface area contributed by atoms with Gasteiger partial charge in [0.2, 0.25) is 0 Å². The predicted molar refractivity (Wildman–Crippen MR) is 235 cm³/mol. The van der Waals surface area contributed by atoms with E-state index in [1.54, 1.807) is 0 Å². The van der Waals surface area contributed by atoms with E-state index >= 15 is 0 Å². The Morgan fingerprint density at radius 2 is 0.965 bits per heavy atom. The minimum Gasteiger partial charge on any atom is -0.477 e. The van der Waals surface area contributed by atoms with Crippen molar-refractivity contribution in [2.24, 2.45) is 0 Å². The molecule has 2 atom stereocenters. The van der Waals surface area contributed by atoms with Crippen LogP contribution in [0, 0.1) is 0 Å². The predicted octanol–water partition coefficient (Wildman–Crippen LogP) is 12.2. The highest BCUT2D eigenvalue weighted by Crippen LogP contribution is 2.14. The molecule has 0 rings (SSSR count). The second-order valence-corrected chi connectivity index (χ2v) is 16.7. The van der Waals surface area contributed by atoms with Gasteiger partial charge in [-0.1, -0.05) is 153 Å². The van der Waals surface area contributed by atoms with Gasteiger partial charge in [0.1, 0.15) is 13.2 Å². The molecule has 1 N–H and O–H groups in total. The lowest BCUT2D eigenvalue weighted by Crippen LogP contribution is -2.40. The largest absolute Gasteiger partial charge is 0.477 e. The molecule has 0 radical (unpaired) electrons. The maximum Gasteiger partial charge on any atom is 0.361 e. The van der Waals surface area contributed by atoms with Crippen molar-refractivity contribution in [3.63, 3.8) is 0 Å². The van der Waals surface area contributed by atoms with Crippen molar-refractivity contribution in [2.45, 2.75) is 206 Å². The second-order valence-electron chi connectivity index (χ2n) is 16.7. The van der Waals surface area contributed by atoms with Gasteiger partial charge in [-0.2, -0.15) is 0 Å². The van der Waals surface area contributed by atoms with Gasteiger partial charge < -0.3 is 28.5 Å². The van der Waals surface area contributed by atoms with Crippen LogP contribution >= 0.6 is 0 Å². The number of rotatable bonds is 42. The van der Waals surface area contributed by atoms with Gasteiger partial charge in [-0.15, -0.1) is 0 Å². The summed E-state index contributed by atoms with van der Waals surface area (Å²) in [6.45, 7) is 4.80. The minimum atomic E-state index is -1.51. The maximum absolute atomic E-state index is 12.8. The van der Waals surface area contributed by atoms with Crippen LogP contribution in [0.3, 0.4) is 0 Å². The van der Waals surface area contributed by atoms with E-state index in [0.717, 1.165) is 70.6 Å². The second kappa shape index (κ2) is 40.3. The molecule has 0 saturated carbocycles. The van der Waals surface area contributed by atoms with Crippen molar-refractivity contribution in [1.29, 1.82) is 0 Å². The molecule has 0 aromatic carbocycles. The van der Waals surface area contributed by atoms with Crippen molar-refractivity contribution >= 4 is 17.9 Å². The number of carboxylic acid groups (broad SMARTS) is 1. The molecule has 0 aliphatic carbocycles. The van der Waals surface area contributed by atoms with Gasteiger partial charge in [-0.25, -0.2) is 4.79 Å². The van der Waals surface area contributed by atoms with Crippen LogP contribution in [0.2, 0.25) is 0 Å². The molecule has 2 unspecified atom stereocenters. The Hall–Kier alpha value is -2.49. The number of likely N-dealkylation sites (N-methyl/N-ethyl adjacent to an activating group) is 1. The van der Waals surface area contributed by atoms with E-state index < -0.39 is 24.3 Å². The molecular formula is C48H88NO8+. The van der Waals surface area contributed by atoms with Crippen molar-refractivity contribution in [3.05, 3.63) is 36.5 Å². The van der Waals surface area contributed by atoms with E-state index in [2.05, 4.69) is 50.3 Å². The molecular weight excluding hydrogens is 719 g/mol. The Morgan fingerprint density at radius 1 is 0.526 bits per heavy atom.